The summed E-state index contributed by atoms with van der Waals surface area (Å²) in [5, 5.41) is 3.31. The minimum Gasteiger partial charge on any atom is -0.326 e. The fraction of sp³-hybridized carbons (Fsp3) is 0.421. The standard InChI is InChI=1S/C19H18BrClN2O3/c1-9-6-12(20)13(21)8-14(9)22-15(24)4-5-23-18(25)16-10-2-3-11(7-10)17(16)19(23)26/h2-3,6,8,10-11,16-17H,4-5,7H2,1H3,(H,22,24)/t10-,11+,16-,17-/m0/s1. The molecular weight excluding hydrogens is 420 g/mol. The van der Waals surface area contributed by atoms with E-state index in [1.54, 1.807) is 6.07 Å². The largest absolute Gasteiger partial charge is 0.326 e. The van der Waals surface area contributed by atoms with E-state index < -0.39 is 0 Å². The van der Waals surface area contributed by atoms with E-state index in [9.17, 15) is 14.4 Å². The number of hydrogen-bond donors (Lipinski definition) is 1. The third-order valence-corrected chi connectivity index (χ3v) is 6.86. The summed E-state index contributed by atoms with van der Waals surface area (Å²) in [4.78, 5) is 38.8. The van der Waals surface area contributed by atoms with Gasteiger partial charge in [-0.15, -0.1) is 0 Å². The summed E-state index contributed by atoms with van der Waals surface area (Å²) in [5.74, 6) is -0.535. The van der Waals surface area contributed by atoms with Crippen LogP contribution in [-0.2, 0) is 14.4 Å². The van der Waals surface area contributed by atoms with Gasteiger partial charge >= 0.3 is 0 Å². The zero-order valence-corrected chi connectivity index (χ0v) is 16.5. The number of rotatable bonds is 4. The molecule has 0 radical (unpaired) electrons. The molecule has 1 N–H and O–H groups in total. The summed E-state index contributed by atoms with van der Waals surface area (Å²) in [6, 6.07) is 3.51. The van der Waals surface area contributed by atoms with Crippen LogP contribution in [0.25, 0.3) is 0 Å². The minimum absolute atomic E-state index is 0.0762. The van der Waals surface area contributed by atoms with Crippen molar-refractivity contribution in [3.05, 3.63) is 39.3 Å². The number of nitrogens with zero attached hydrogens (tertiary/aromatic N) is 1. The Morgan fingerprint density at radius 2 is 1.85 bits per heavy atom. The SMILES string of the molecule is Cc1cc(Br)c(Cl)cc1NC(=O)CCN1C(=O)[C@@H]2[C@@H](C1=O)[C@H]1C=C[C@@H]2C1. The van der Waals surface area contributed by atoms with Crippen molar-refractivity contribution in [1.29, 1.82) is 0 Å². The Morgan fingerprint density at radius 1 is 1.23 bits per heavy atom. The molecule has 5 nitrogen and oxygen atoms in total. The van der Waals surface area contributed by atoms with Gasteiger partial charge in [-0.1, -0.05) is 23.8 Å². The van der Waals surface area contributed by atoms with Crippen LogP contribution in [-0.4, -0.2) is 29.2 Å². The highest BCUT2D eigenvalue weighted by atomic mass is 79.9. The Labute approximate surface area is 164 Å². The molecule has 4 atom stereocenters. The van der Waals surface area contributed by atoms with Gasteiger partial charge in [0.25, 0.3) is 0 Å². The normalized spacial score (nSPS) is 28.8. The first kappa shape index (κ1) is 17.7. The number of fused-ring (bicyclic) bond motifs is 5. The highest BCUT2D eigenvalue weighted by Crippen LogP contribution is 2.52. The molecule has 0 unspecified atom stereocenters. The molecule has 0 spiro atoms. The Bertz CT molecular complexity index is 823. The van der Waals surface area contributed by atoms with E-state index in [0.717, 1.165) is 16.5 Å². The van der Waals surface area contributed by atoms with Gasteiger partial charge in [0.05, 0.1) is 16.9 Å². The van der Waals surface area contributed by atoms with E-state index in [1.165, 1.54) is 4.90 Å². The van der Waals surface area contributed by atoms with Crippen LogP contribution >= 0.6 is 27.5 Å². The van der Waals surface area contributed by atoms with Crippen LogP contribution in [0.2, 0.25) is 5.02 Å². The molecule has 1 aromatic rings. The summed E-state index contributed by atoms with van der Waals surface area (Å²) in [7, 11) is 0. The summed E-state index contributed by atoms with van der Waals surface area (Å²) in [5.41, 5.74) is 1.50. The maximum Gasteiger partial charge on any atom is 0.233 e. The summed E-state index contributed by atoms with van der Waals surface area (Å²) >= 11 is 9.42. The summed E-state index contributed by atoms with van der Waals surface area (Å²) in [6.07, 6.45) is 5.11. The molecule has 1 aliphatic heterocycles. The van der Waals surface area contributed by atoms with Crippen LogP contribution < -0.4 is 5.32 Å². The molecule has 1 aromatic carbocycles. The average molecular weight is 438 g/mol. The van der Waals surface area contributed by atoms with E-state index in [1.807, 2.05) is 13.0 Å². The van der Waals surface area contributed by atoms with Crippen molar-refractivity contribution in [3.63, 3.8) is 0 Å². The molecule has 2 fully saturated rings. The number of aryl methyl sites for hydroxylation is 1. The lowest BCUT2D eigenvalue weighted by Crippen LogP contribution is -2.35. The number of imide groups is 1. The van der Waals surface area contributed by atoms with Gasteiger partial charge < -0.3 is 5.32 Å². The molecule has 3 aliphatic rings. The lowest BCUT2D eigenvalue weighted by molar-refractivity contribution is -0.140. The molecular formula is C19H18BrClN2O3. The number of hydrogen-bond acceptors (Lipinski definition) is 3. The predicted octanol–water partition coefficient (Wildman–Crippen LogP) is 3.55. The van der Waals surface area contributed by atoms with Crippen LogP contribution in [0, 0.1) is 30.6 Å². The number of likely N-dealkylation sites (tertiary alicyclic amines) is 1. The number of anilines is 1. The van der Waals surface area contributed by atoms with Crippen molar-refractivity contribution < 1.29 is 14.4 Å². The van der Waals surface area contributed by atoms with Gasteiger partial charge in [-0.05, 0) is 58.8 Å². The fourth-order valence-electron chi connectivity index (χ4n) is 4.39. The quantitative estimate of drug-likeness (QED) is 0.579. The summed E-state index contributed by atoms with van der Waals surface area (Å²) < 4.78 is 0.762. The van der Waals surface area contributed by atoms with Crippen LogP contribution in [0.3, 0.4) is 0 Å². The van der Waals surface area contributed by atoms with Crippen molar-refractivity contribution in [2.24, 2.45) is 23.7 Å². The molecule has 1 saturated carbocycles. The third-order valence-electron chi connectivity index (χ3n) is 5.67. The Hall–Kier alpha value is -1.66. The average Bonchev–Trinajstić information content (AvgIpc) is 3.26. The Kier molecular flexibility index (Phi) is 4.43. The molecule has 3 amide bonds. The molecule has 2 bridgehead atoms. The van der Waals surface area contributed by atoms with E-state index in [2.05, 4.69) is 33.4 Å². The first-order chi connectivity index (χ1) is 12.4. The third kappa shape index (κ3) is 2.79. The van der Waals surface area contributed by atoms with Crippen molar-refractivity contribution in [1.82, 2.24) is 4.90 Å². The molecule has 4 rings (SSSR count). The second-order valence-electron chi connectivity index (χ2n) is 7.21. The molecule has 136 valence electrons. The molecule has 2 aliphatic carbocycles. The van der Waals surface area contributed by atoms with E-state index >= 15 is 0 Å². The van der Waals surface area contributed by atoms with E-state index in [4.69, 9.17) is 11.6 Å². The summed E-state index contributed by atoms with van der Waals surface area (Å²) in [6.45, 7) is 1.99. The van der Waals surface area contributed by atoms with Gasteiger partial charge in [-0.3, -0.25) is 19.3 Å². The number of carbonyl (C=O) groups is 3. The number of allylic oxidation sites excluding steroid dienone is 2. The maximum absolute atomic E-state index is 12.6. The van der Waals surface area contributed by atoms with Gasteiger partial charge in [-0.2, -0.15) is 0 Å². The van der Waals surface area contributed by atoms with Crippen LogP contribution in [0.4, 0.5) is 5.69 Å². The lowest BCUT2D eigenvalue weighted by atomic mass is 9.85. The van der Waals surface area contributed by atoms with E-state index in [0.29, 0.717) is 10.7 Å². The van der Waals surface area contributed by atoms with Crippen LogP contribution in [0.5, 0.6) is 0 Å². The number of nitrogens with one attached hydrogen (secondary N) is 1. The molecule has 7 heteroatoms. The zero-order valence-electron chi connectivity index (χ0n) is 14.2. The van der Waals surface area contributed by atoms with Gasteiger partial charge in [-0.25, -0.2) is 0 Å². The van der Waals surface area contributed by atoms with Gasteiger partial charge in [0.1, 0.15) is 0 Å². The Balaban J connectivity index is 1.39. The molecule has 0 aromatic heterocycles. The van der Waals surface area contributed by atoms with Crippen molar-refractivity contribution in [3.8, 4) is 0 Å². The number of amides is 3. The number of carbonyl (C=O) groups excluding carboxylic acids is 3. The second kappa shape index (κ2) is 6.50. The van der Waals surface area contributed by atoms with Crippen molar-refractivity contribution in [2.75, 3.05) is 11.9 Å². The predicted molar refractivity (Wildman–Crippen MR) is 102 cm³/mol. The fourth-order valence-corrected chi connectivity index (χ4v) is 5.01. The lowest BCUT2D eigenvalue weighted by Gasteiger charge is -2.17. The first-order valence-electron chi connectivity index (χ1n) is 8.66. The zero-order chi connectivity index (χ0) is 18.6. The smallest absolute Gasteiger partial charge is 0.233 e. The van der Waals surface area contributed by atoms with Crippen molar-refractivity contribution >= 4 is 50.9 Å². The first-order valence-corrected chi connectivity index (χ1v) is 9.83. The topological polar surface area (TPSA) is 66.5 Å². The Morgan fingerprint density at radius 3 is 2.46 bits per heavy atom. The van der Waals surface area contributed by atoms with E-state index in [-0.39, 0.29) is 54.4 Å². The number of halogens is 2. The van der Waals surface area contributed by atoms with Crippen molar-refractivity contribution in [2.45, 2.75) is 19.8 Å². The minimum atomic E-state index is -0.245. The molecule has 1 saturated heterocycles. The van der Waals surface area contributed by atoms with Crippen LogP contribution in [0.15, 0.2) is 28.8 Å². The van der Waals surface area contributed by atoms with Gasteiger partial charge in [0.15, 0.2) is 0 Å². The molecule has 26 heavy (non-hydrogen) atoms. The molecule has 1 heterocycles. The maximum atomic E-state index is 12.6. The van der Waals surface area contributed by atoms with Crippen LogP contribution in [0.1, 0.15) is 18.4 Å². The second-order valence-corrected chi connectivity index (χ2v) is 8.47. The highest BCUT2D eigenvalue weighted by Gasteiger charge is 2.58. The van der Waals surface area contributed by atoms with Gasteiger partial charge in [0, 0.05) is 23.1 Å². The number of benzene rings is 1. The monoisotopic (exact) mass is 436 g/mol. The highest BCUT2D eigenvalue weighted by molar-refractivity contribution is 9.10. The van der Waals surface area contributed by atoms with Gasteiger partial charge in [0.2, 0.25) is 17.7 Å².